The second kappa shape index (κ2) is 9.83. The predicted molar refractivity (Wildman–Crippen MR) is 82.0 cm³/mol. The van der Waals surface area contributed by atoms with Gasteiger partial charge < -0.3 is 5.32 Å². The van der Waals surface area contributed by atoms with E-state index in [1.54, 1.807) is 0 Å². The topological polar surface area (TPSA) is 12.0 Å². The average Bonchev–Trinajstić information content (AvgIpc) is 2.79. The fraction of sp³-hybridized carbons (Fsp3) is 1.00. The van der Waals surface area contributed by atoms with Gasteiger partial charge in [0.1, 0.15) is 0 Å². The summed E-state index contributed by atoms with van der Waals surface area (Å²) >= 11 is 0. The van der Waals surface area contributed by atoms with Crippen LogP contribution in [0.3, 0.4) is 0 Å². The summed E-state index contributed by atoms with van der Waals surface area (Å²) in [6.07, 6.45) is 14.4. The molecule has 0 bridgehead atoms. The Kier molecular flexibility index (Phi) is 8.75. The van der Waals surface area contributed by atoms with Crippen molar-refractivity contribution in [2.24, 2.45) is 11.8 Å². The van der Waals surface area contributed by atoms with Gasteiger partial charge in [0, 0.05) is 6.04 Å². The van der Waals surface area contributed by atoms with Crippen LogP contribution in [0.2, 0.25) is 0 Å². The molecule has 3 atom stereocenters. The van der Waals surface area contributed by atoms with Crippen LogP contribution in [0, 0.1) is 11.8 Å². The van der Waals surface area contributed by atoms with Crippen LogP contribution in [0.25, 0.3) is 0 Å². The minimum Gasteiger partial charge on any atom is -0.314 e. The molecule has 1 heteroatoms. The summed E-state index contributed by atoms with van der Waals surface area (Å²) < 4.78 is 0. The first kappa shape index (κ1) is 16.0. The summed E-state index contributed by atoms with van der Waals surface area (Å²) in [5, 5.41) is 3.75. The molecule has 1 rings (SSSR count). The zero-order valence-electron chi connectivity index (χ0n) is 13.0. The summed E-state index contributed by atoms with van der Waals surface area (Å²) in [7, 11) is 0. The summed E-state index contributed by atoms with van der Waals surface area (Å²) in [4.78, 5) is 0. The minimum absolute atomic E-state index is 0.811. The molecule has 1 nitrogen and oxygen atoms in total. The zero-order chi connectivity index (χ0) is 13.2. The first-order valence-electron chi connectivity index (χ1n) is 8.51. The van der Waals surface area contributed by atoms with Crippen LogP contribution in [-0.4, -0.2) is 12.6 Å². The molecular weight excluding hydrogens is 218 g/mol. The summed E-state index contributed by atoms with van der Waals surface area (Å²) in [6, 6.07) is 0.811. The van der Waals surface area contributed by atoms with E-state index < -0.39 is 0 Å². The van der Waals surface area contributed by atoms with Crippen molar-refractivity contribution in [2.45, 2.75) is 91.0 Å². The van der Waals surface area contributed by atoms with Crippen molar-refractivity contribution < 1.29 is 0 Å². The molecule has 0 spiro atoms. The maximum Gasteiger partial charge on any atom is 0.00953 e. The highest BCUT2D eigenvalue weighted by atomic mass is 14.9. The molecular formula is C17H35N. The lowest BCUT2D eigenvalue weighted by Gasteiger charge is -2.24. The number of hydrogen-bond acceptors (Lipinski definition) is 1. The quantitative estimate of drug-likeness (QED) is 0.531. The number of hydrogen-bond donors (Lipinski definition) is 1. The lowest BCUT2D eigenvalue weighted by Crippen LogP contribution is -2.35. The number of unbranched alkanes of at least 4 members (excludes halogenated alkanes) is 5. The third-order valence-corrected chi connectivity index (χ3v) is 4.64. The van der Waals surface area contributed by atoms with E-state index in [2.05, 4.69) is 26.1 Å². The second-order valence-corrected chi connectivity index (χ2v) is 6.40. The highest BCUT2D eigenvalue weighted by molar-refractivity contribution is 4.83. The molecule has 1 saturated carbocycles. The molecule has 0 aromatic carbocycles. The van der Waals surface area contributed by atoms with Gasteiger partial charge in [-0.15, -0.1) is 0 Å². The van der Waals surface area contributed by atoms with Crippen molar-refractivity contribution in [3.05, 3.63) is 0 Å². The molecule has 0 amide bonds. The lowest BCUT2D eigenvalue weighted by molar-refractivity contribution is 0.328. The largest absolute Gasteiger partial charge is 0.314 e. The maximum absolute atomic E-state index is 3.75. The van der Waals surface area contributed by atoms with Crippen molar-refractivity contribution in [2.75, 3.05) is 6.54 Å². The molecule has 3 unspecified atom stereocenters. The lowest BCUT2D eigenvalue weighted by atomic mass is 9.92. The Bertz CT molecular complexity index is 190. The Morgan fingerprint density at radius 1 is 1.00 bits per heavy atom. The minimum atomic E-state index is 0.811. The van der Waals surface area contributed by atoms with E-state index >= 15 is 0 Å². The first-order valence-corrected chi connectivity index (χ1v) is 8.51. The van der Waals surface area contributed by atoms with Gasteiger partial charge >= 0.3 is 0 Å². The van der Waals surface area contributed by atoms with Gasteiger partial charge in [0.25, 0.3) is 0 Å². The molecule has 0 aromatic heterocycles. The molecule has 1 aliphatic carbocycles. The summed E-state index contributed by atoms with van der Waals surface area (Å²) in [6.45, 7) is 8.12. The highest BCUT2D eigenvalue weighted by Crippen LogP contribution is 2.34. The van der Waals surface area contributed by atoms with Crippen molar-refractivity contribution >= 4 is 0 Å². The van der Waals surface area contributed by atoms with Crippen LogP contribution in [0.15, 0.2) is 0 Å². The molecule has 0 heterocycles. The van der Waals surface area contributed by atoms with Crippen LogP contribution in [0.5, 0.6) is 0 Å². The molecule has 0 aromatic rings. The predicted octanol–water partition coefficient (Wildman–Crippen LogP) is 5.15. The first-order chi connectivity index (χ1) is 8.77. The molecule has 0 aliphatic heterocycles. The van der Waals surface area contributed by atoms with Crippen LogP contribution >= 0.6 is 0 Å². The fourth-order valence-electron chi connectivity index (χ4n) is 3.53. The smallest absolute Gasteiger partial charge is 0.00953 e. The van der Waals surface area contributed by atoms with E-state index in [1.807, 2.05) is 0 Å². The Hall–Kier alpha value is -0.0400. The van der Waals surface area contributed by atoms with Gasteiger partial charge in [0.15, 0.2) is 0 Å². The van der Waals surface area contributed by atoms with E-state index in [4.69, 9.17) is 0 Å². The Balaban J connectivity index is 2.13. The third-order valence-electron chi connectivity index (χ3n) is 4.64. The third kappa shape index (κ3) is 6.22. The van der Waals surface area contributed by atoms with E-state index in [-0.39, 0.29) is 0 Å². The van der Waals surface area contributed by atoms with Gasteiger partial charge in [-0.05, 0) is 37.6 Å². The Morgan fingerprint density at radius 3 is 2.33 bits per heavy atom. The summed E-state index contributed by atoms with van der Waals surface area (Å²) in [5.74, 6) is 1.94. The summed E-state index contributed by atoms with van der Waals surface area (Å²) in [5.41, 5.74) is 0. The van der Waals surface area contributed by atoms with Crippen LogP contribution in [-0.2, 0) is 0 Å². The van der Waals surface area contributed by atoms with Gasteiger partial charge in [-0.1, -0.05) is 65.7 Å². The van der Waals surface area contributed by atoms with E-state index in [0.717, 1.165) is 24.4 Å². The normalized spacial score (nSPS) is 25.5. The molecule has 108 valence electrons. The molecule has 1 aliphatic rings. The van der Waals surface area contributed by atoms with Gasteiger partial charge in [-0.3, -0.25) is 0 Å². The zero-order valence-corrected chi connectivity index (χ0v) is 13.0. The molecule has 18 heavy (non-hydrogen) atoms. The Labute approximate surface area is 115 Å². The van der Waals surface area contributed by atoms with Crippen molar-refractivity contribution in [1.82, 2.24) is 5.32 Å². The molecule has 0 radical (unpaired) electrons. The van der Waals surface area contributed by atoms with Crippen molar-refractivity contribution in [1.29, 1.82) is 0 Å². The fourth-order valence-corrected chi connectivity index (χ4v) is 3.53. The van der Waals surface area contributed by atoms with Crippen LogP contribution in [0.4, 0.5) is 0 Å². The molecule has 1 fully saturated rings. The molecule has 0 saturated heterocycles. The monoisotopic (exact) mass is 253 g/mol. The maximum atomic E-state index is 3.75. The average molecular weight is 253 g/mol. The standard InChI is InChI=1S/C17H35N/c1-4-6-7-8-9-10-11-17(18-5-2)16-13-12-15(3)14-16/h15-18H,4-14H2,1-3H3. The van der Waals surface area contributed by atoms with Crippen molar-refractivity contribution in [3.8, 4) is 0 Å². The Morgan fingerprint density at radius 2 is 1.72 bits per heavy atom. The SMILES string of the molecule is CCCCCCCCC(NCC)C1CCC(C)C1. The highest BCUT2D eigenvalue weighted by Gasteiger charge is 2.27. The number of rotatable bonds is 10. The van der Waals surface area contributed by atoms with Gasteiger partial charge in [-0.25, -0.2) is 0 Å². The number of nitrogens with one attached hydrogen (secondary N) is 1. The van der Waals surface area contributed by atoms with Crippen LogP contribution < -0.4 is 5.32 Å². The van der Waals surface area contributed by atoms with Crippen molar-refractivity contribution in [3.63, 3.8) is 0 Å². The van der Waals surface area contributed by atoms with Crippen LogP contribution in [0.1, 0.15) is 85.0 Å². The van der Waals surface area contributed by atoms with E-state index in [1.165, 1.54) is 64.2 Å². The van der Waals surface area contributed by atoms with Gasteiger partial charge in [0.2, 0.25) is 0 Å². The van der Waals surface area contributed by atoms with Gasteiger partial charge in [0.05, 0.1) is 0 Å². The second-order valence-electron chi connectivity index (χ2n) is 6.40. The van der Waals surface area contributed by atoms with Gasteiger partial charge in [-0.2, -0.15) is 0 Å². The molecule has 1 N–H and O–H groups in total. The van der Waals surface area contributed by atoms with E-state index in [9.17, 15) is 0 Å². The van der Waals surface area contributed by atoms with E-state index in [0.29, 0.717) is 0 Å².